The zero-order valence-corrected chi connectivity index (χ0v) is 20.5. The average Bonchev–Trinajstić information content (AvgIpc) is 3.42. The van der Waals surface area contributed by atoms with Gasteiger partial charge in [-0.25, -0.2) is 4.99 Å². The molecule has 1 aromatic carbocycles. The molecule has 0 radical (unpaired) electrons. The summed E-state index contributed by atoms with van der Waals surface area (Å²) in [6.45, 7) is 6.12. The second-order valence-corrected chi connectivity index (χ2v) is 10.5. The van der Waals surface area contributed by atoms with Gasteiger partial charge >= 0.3 is 0 Å². The number of aromatic nitrogens is 1. The molecule has 0 unspecified atom stereocenters. The van der Waals surface area contributed by atoms with Gasteiger partial charge in [0.25, 0.3) is 5.91 Å². The molecule has 2 aromatic heterocycles. The molecule has 0 saturated carbocycles. The van der Waals surface area contributed by atoms with Gasteiger partial charge in [-0.05, 0) is 93.1 Å². The normalized spacial score (nSPS) is 17.9. The predicted molar refractivity (Wildman–Crippen MR) is 136 cm³/mol. The number of para-hydroxylation sites is 1. The number of rotatable bonds is 3. The number of benzene rings is 1. The number of nitriles is 1. The number of amidine groups is 1. The van der Waals surface area contributed by atoms with Gasteiger partial charge in [0, 0.05) is 16.3 Å². The zero-order chi connectivity index (χ0) is 23.1. The Hall–Kier alpha value is -3.08. The third kappa shape index (κ3) is 3.94. The Bertz CT molecular complexity index is 1380. The van der Waals surface area contributed by atoms with Crippen molar-refractivity contribution in [1.29, 1.82) is 5.26 Å². The van der Waals surface area contributed by atoms with Gasteiger partial charge in [-0.2, -0.15) is 5.26 Å². The highest BCUT2D eigenvalue weighted by atomic mass is 32.2. The summed E-state index contributed by atoms with van der Waals surface area (Å²) in [6, 6.07) is 12.4. The summed E-state index contributed by atoms with van der Waals surface area (Å²) in [5.74, 6) is -0.138. The first-order valence-corrected chi connectivity index (χ1v) is 12.7. The van der Waals surface area contributed by atoms with E-state index in [1.165, 1.54) is 28.6 Å². The van der Waals surface area contributed by atoms with Crippen LogP contribution >= 0.6 is 23.1 Å². The van der Waals surface area contributed by atoms with E-state index in [9.17, 15) is 10.1 Å². The van der Waals surface area contributed by atoms with Gasteiger partial charge < -0.3 is 9.88 Å². The van der Waals surface area contributed by atoms with Gasteiger partial charge in [-0.15, -0.1) is 11.3 Å². The Labute approximate surface area is 201 Å². The van der Waals surface area contributed by atoms with Crippen LogP contribution in [0.5, 0.6) is 0 Å². The van der Waals surface area contributed by atoms with Gasteiger partial charge in [0.15, 0.2) is 5.17 Å². The molecule has 1 aliphatic heterocycles. The maximum absolute atomic E-state index is 12.6. The molecule has 3 aromatic rings. The van der Waals surface area contributed by atoms with Crippen molar-refractivity contribution < 1.29 is 4.79 Å². The highest BCUT2D eigenvalue weighted by Crippen LogP contribution is 2.39. The van der Waals surface area contributed by atoms with E-state index in [4.69, 9.17) is 0 Å². The van der Waals surface area contributed by atoms with Crippen LogP contribution in [0.4, 0.5) is 5.69 Å². The molecule has 166 valence electrons. The minimum Gasteiger partial charge on any atom is -0.308 e. The highest BCUT2D eigenvalue weighted by molar-refractivity contribution is 8.18. The Morgan fingerprint density at radius 3 is 2.76 bits per heavy atom. The lowest BCUT2D eigenvalue weighted by molar-refractivity contribution is -0.115. The molecule has 0 atom stereocenters. The maximum Gasteiger partial charge on any atom is 0.264 e. The molecular formula is C26H24N4OS2. The van der Waals surface area contributed by atoms with Crippen molar-refractivity contribution in [1.82, 2.24) is 9.88 Å². The smallest absolute Gasteiger partial charge is 0.264 e. The Morgan fingerprint density at radius 2 is 1.97 bits per heavy atom. The molecule has 1 saturated heterocycles. The molecule has 5 rings (SSSR count). The number of aryl methyl sites for hydroxylation is 3. The topological polar surface area (TPSA) is 70.2 Å². The Kier molecular flexibility index (Phi) is 5.73. The SMILES string of the molecule is Cc1ccccc1N=C1NC(=O)/C(=C/c2cc(C)n(-c3sc4c(c3C#N)CCCC4)c2C)S1. The van der Waals surface area contributed by atoms with E-state index in [0.29, 0.717) is 10.1 Å². The Morgan fingerprint density at radius 1 is 1.18 bits per heavy atom. The van der Waals surface area contributed by atoms with Crippen molar-refractivity contribution in [3.63, 3.8) is 0 Å². The van der Waals surface area contributed by atoms with Gasteiger partial charge in [0.2, 0.25) is 0 Å². The van der Waals surface area contributed by atoms with Crippen LogP contribution in [0.3, 0.4) is 0 Å². The second kappa shape index (κ2) is 8.69. The van der Waals surface area contributed by atoms with Gasteiger partial charge in [0.1, 0.15) is 11.1 Å². The van der Waals surface area contributed by atoms with E-state index < -0.39 is 0 Å². The van der Waals surface area contributed by atoms with Crippen LogP contribution in [-0.2, 0) is 17.6 Å². The number of carbonyl (C=O) groups excluding carboxylic acids is 1. The van der Waals surface area contributed by atoms with Gasteiger partial charge in [-0.3, -0.25) is 4.79 Å². The third-order valence-corrected chi connectivity index (χ3v) is 8.40. The van der Waals surface area contributed by atoms with Crippen molar-refractivity contribution in [3.8, 4) is 11.1 Å². The monoisotopic (exact) mass is 472 g/mol. The van der Waals surface area contributed by atoms with Crippen molar-refractivity contribution in [2.75, 3.05) is 0 Å². The number of carbonyl (C=O) groups is 1. The van der Waals surface area contributed by atoms with E-state index in [0.717, 1.165) is 58.0 Å². The lowest BCUT2D eigenvalue weighted by Crippen LogP contribution is -2.19. The van der Waals surface area contributed by atoms with E-state index in [1.807, 2.05) is 37.3 Å². The molecule has 0 spiro atoms. The van der Waals surface area contributed by atoms with Crippen molar-refractivity contribution in [2.45, 2.75) is 46.5 Å². The van der Waals surface area contributed by atoms with Gasteiger partial charge in [0.05, 0.1) is 16.2 Å². The molecule has 7 heteroatoms. The van der Waals surface area contributed by atoms with Crippen LogP contribution < -0.4 is 5.32 Å². The van der Waals surface area contributed by atoms with Crippen LogP contribution in [0, 0.1) is 32.1 Å². The van der Waals surface area contributed by atoms with Crippen LogP contribution in [0.1, 0.15) is 51.4 Å². The fourth-order valence-corrected chi connectivity index (χ4v) is 6.77. The minimum absolute atomic E-state index is 0.138. The van der Waals surface area contributed by atoms with E-state index in [1.54, 1.807) is 11.3 Å². The lowest BCUT2D eigenvalue weighted by atomic mass is 9.96. The fourth-order valence-electron chi connectivity index (χ4n) is 4.49. The quantitative estimate of drug-likeness (QED) is 0.468. The number of fused-ring (bicyclic) bond motifs is 1. The lowest BCUT2D eigenvalue weighted by Gasteiger charge is -2.10. The summed E-state index contributed by atoms with van der Waals surface area (Å²) in [5.41, 5.74) is 7.05. The summed E-state index contributed by atoms with van der Waals surface area (Å²) in [7, 11) is 0. The number of nitrogens with zero attached hydrogens (tertiary/aromatic N) is 3. The first-order valence-electron chi connectivity index (χ1n) is 11.1. The highest BCUT2D eigenvalue weighted by Gasteiger charge is 2.26. The van der Waals surface area contributed by atoms with Crippen molar-refractivity contribution in [2.24, 2.45) is 4.99 Å². The van der Waals surface area contributed by atoms with Crippen molar-refractivity contribution in [3.05, 3.63) is 73.8 Å². The number of nitrogens with one attached hydrogen (secondary N) is 1. The number of amides is 1. The average molecular weight is 473 g/mol. The largest absolute Gasteiger partial charge is 0.308 e. The number of aliphatic imine (C=N–C) groups is 1. The zero-order valence-electron chi connectivity index (χ0n) is 18.9. The van der Waals surface area contributed by atoms with Crippen LogP contribution in [0.25, 0.3) is 11.1 Å². The first kappa shape index (κ1) is 21.7. The first-order chi connectivity index (χ1) is 16.0. The van der Waals surface area contributed by atoms with Crippen LogP contribution in [0.15, 0.2) is 40.2 Å². The molecule has 1 aliphatic carbocycles. The number of thiophene rings is 1. The van der Waals surface area contributed by atoms with E-state index in [-0.39, 0.29) is 5.91 Å². The van der Waals surface area contributed by atoms with E-state index in [2.05, 4.69) is 40.9 Å². The summed E-state index contributed by atoms with van der Waals surface area (Å²) in [5, 5.41) is 14.4. The summed E-state index contributed by atoms with van der Waals surface area (Å²) >= 11 is 3.10. The van der Waals surface area contributed by atoms with Crippen LogP contribution in [-0.4, -0.2) is 15.6 Å². The molecule has 1 fully saturated rings. The molecule has 1 amide bonds. The molecule has 5 nitrogen and oxygen atoms in total. The number of hydrogen-bond donors (Lipinski definition) is 1. The maximum atomic E-state index is 12.6. The molecular weight excluding hydrogens is 448 g/mol. The van der Waals surface area contributed by atoms with Crippen LogP contribution in [0.2, 0.25) is 0 Å². The van der Waals surface area contributed by atoms with E-state index >= 15 is 0 Å². The number of hydrogen-bond acceptors (Lipinski definition) is 5. The summed E-state index contributed by atoms with van der Waals surface area (Å²) in [4.78, 5) is 19.2. The number of thioether (sulfide) groups is 1. The van der Waals surface area contributed by atoms with Gasteiger partial charge in [-0.1, -0.05) is 18.2 Å². The third-order valence-electron chi connectivity index (χ3n) is 6.21. The Balaban J connectivity index is 1.50. The molecule has 1 N–H and O–H groups in total. The molecule has 0 bridgehead atoms. The second-order valence-electron chi connectivity index (χ2n) is 8.43. The van der Waals surface area contributed by atoms with Crippen molar-refractivity contribution >= 4 is 45.9 Å². The minimum atomic E-state index is -0.138. The fraction of sp³-hybridized carbons (Fsp3) is 0.269. The summed E-state index contributed by atoms with van der Waals surface area (Å²) in [6.07, 6.45) is 6.32. The molecule has 3 heterocycles. The molecule has 2 aliphatic rings. The standard InChI is InChI=1S/C26H24N4OS2/c1-15-8-4-6-10-21(15)28-26-29-24(31)23(33-26)13-18-12-16(2)30(17(18)3)25-20(14-27)19-9-5-7-11-22(19)32-25/h4,6,8,10,12-13H,5,7,9,11H2,1-3H3,(H,28,29,31)/b23-13-. The molecule has 33 heavy (non-hydrogen) atoms. The predicted octanol–water partition coefficient (Wildman–Crippen LogP) is 6.11. The summed E-state index contributed by atoms with van der Waals surface area (Å²) < 4.78 is 2.17.